The van der Waals surface area contributed by atoms with E-state index in [0.29, 0.717) is 5.82 Å². The first kappa shape index (κ1) is 11.4. The number of aryl methyl sites for hydroxylation is 3. The van der Waals surface area contributed by atoms with Crippen molar-refractivity contribution in [1.82, 2.24) is 9.97 Å². The van der Waals surface area contributed by atoms with E-state index in [2.05, 4.69) is 22.1 Å². The van der Waals surface area contributed by atoms with Crippen molar-refractivity contribution >= 4 is 0 Å². The smallest absolute Gasteiger partial charge is 0.161 e. The van der Waals surface area contributed by atoms with Gasteiger partial charge in [-0.15, -0.1) is 0 Å². The van der Waals surface area contributed by atoms with Crippen LogP contribution in [0.5, 0.6) is 0 Å². The molecule has 1 aromatic heterocycles. The normalized spacial score (nSPS) is 15.4. The van der Waals surface area contributed by atoms with Gasteiger partial charge in [-0.25, -0.2) is 9.97 Å². The van der Waals surface area contributed by atoms with Gasteiger partial charge in [-0.3, -0.25) is 0 Å². The van der Waals surface area contributed by atoms with Crippen LogP contribution in [0.1, 0.15) is 40.6 Å². The molecule has 3 heteroatoms. The molecule has 3 nitrogen and oxygen atoms in total. The Labute approximate surface area is 107 Å². The fraction of sp³-hybridized carbons (Fsp3) is 0.333. The second-order valence-electron chi connectivity index (χ2n) is 4.90. The second-order valence-corrected chi connectivity index (χ2v) is 4.90. The van der Waals surface area contributed by atoms with Crippen LogP contribution < -0.4 is 0 Å². The highest BCUT2D eigenvalue weighted by atomic mass is 16.3. The molecule has 1 atom stereocenters. The van der Waals surface area contributed by atoms with Crippen molar-refractivity contribution in [1.29, 1.82) is 0 Å². The molecule has 0 radical (unpaired) electrons. The molecular weight excluding hydrogens is 224 g/mol. The summed E-state index contributed by atoms with van der Waals surface area (Å²) in [7, 11) is 0. The van der Waals surface area contributed by atoms with E-state index in [1.54, 1.807) is 12.4 Å². The molecule has 0 amide bonds. The fourth-order valence-corrected chi connectivity index (χ4v) is 2.45. The van der Waals surface area contributed by atoms with Crippen molar-refractivity contribution in [2.24, 2.45) is 0 Å². The van der Waals surface area contributed by atoms with Crippen molar-refractivity contribution in [3.63, 3.8) is 0 Å². The highest BCUT2D eigenvalue weighted by molar-refractivity contribution is 5.37. The van der Waals surface area contributed by atoms with Gasteiger partial charge in [-0.2, -0.15) is 0 Å². The second kappa shape index (κ2) is 4.50. The molecule has 1 aromatic carbocycles. The largest absolute Gasteiger partial charge is 0.380 e. The Kier molecular flexibility index (Phi) is 2.84. The molecule has 1 unspecified atom stereocenters. The summed E-state index contributed by atoms with van der Waals surface area (Å²) in [5, 5.41) is 10.3. The molecule has 2 aromatic rings. The molecule has 0 fully saturated rings. The topological polar surface area (TPSA) is 46.0 Å². The molecule has 0 bridgehead atoms. The van der Waals surface area contributed by atoms with Crippen molar-refractivity contribution in [3.05, 3.63) is 58.7 Å². The van der Waals surface area contributed by atoms with Crippen LogP contribution in [0.25, 0.3) is 0 Å². The monoisotopic (exact) mass is 240 g/mol. The van der Waals surface area contributed by atoms with E-state index in [1.807, 2.05) is 13.0 Å². The molecule has 0 aliphatic heterocycles. The SMILES string of the molecule is Cc1cnc(C(O)c2ccc3c(c2)CCC3)nc1. The number of hydrogen-bond acceptors (Lipinski definition) is 3. The standard InChI is InChI=1S/C15H16N2O/c1-10-8-16-15(17-9-10)14(18)13-6-5-11-3-2-4-12(11)7-13/h5-9,14,18H,2-4H2,1H3. The number of rotatable bonds is 2. The molecule has 1 heterocycles. The maximum absolute atomic E-state index is 10.3. The molecule has 0 spiro atoms. The zero-order valence-electron chi connectivity index (χ0n) is 10.4. The first-order chi connectivity index (χ1) is 8.74. The summed E-state index contributed by atoms with van der Waals surface area (Å²) < 4.78 is 0. The van der Waals surface area contributed by atoms with E-state index in [0.717, 1.165) is 24.0 Å². The van der Waals surface area contributed by atoms with E-state index >= 15 is 0 Å². The summed E-state index contributed by atoms with van der Waals surface area (Å²) in [6.07, 6.45) is 6.24. The van der Waals surface area contributed by atoms with Gasteiger partial charge in [0.2, 0.25) is 0 Å². The van der Waals surface area contributed by atoms with Gasteiger partial charge in [0.25, 0.3) is 0 Å². The number of benzene rings is 1. The summed E-state index contributed by atoms with van der Waals surface area (Å²) in [6.45, 7) is 1.94. The third-order valence-corrected chi connectivity index (χ3v) is 3.48. The number of aliphatic hydroxyl groups excluding tert-OH is 1. The van der Waals surface area contributed by atoms with Crippen LogP contribution in [-0.2, 0) is 12.8 Å². The highest BCUT2D eigenvalue weighted by Gasteiger charge is 2.17. The van der Waals surface area contributed by atoms with Crippen molar-refractivity contribution in [2.45, 2.75) is 32.3 Å². The maximum Gasteiger partial charge on any atom is 0.161 e. The number of aliphatic hydroxyl groups is 1. The molecule has 0 saturated carbocycles. The van der Waals surface area contributed by atoms with E-state index in [-0.39, 0.29) is 0 Å². The minimum atomic E-state index is -0.725. The lowest BCUT2D eigenvalue weighted by Gasteiger charge is -2.11. The molecule has 0 saturated heterocycles. The Morgan fingerprint density at radius 2 is 1.83 bits per heavy atom. The first-order valence-corrected chi connectivity index (χ1v) is 6.32. The van der Waals surface area contributed by atoms with Crippen molar-refractivity contribution < 1.29 is 5.11 Å². The average Bonchev–Trinajstić information content (AvgIpc) is 2.86. The van der Waals surface area contributed by atoms with E-state index in [4.69, 9.17) is 0 Å². The van der Waals surface area contributed by atoms with Crippen LogP contribution in [0.15, 0.2) is 30.6 Å². The first-order valence-electron chi connectivity index (χ1n) is 6.32. The number of hydrogen-bond donors (Lipinski definition) is 1. The predicted molar refractivity (Wildman–Crippen MR) is 69.3 cm³/mol. The van der Waals surface area contributed by atoms with Crippen LogP contribution in [0.4, 0.5) is 0 Å². The van der Waals surface area contributed by atoms with Gasteiger partial charge in [0, 0.05) is 12.4 Å². The Balaban J connectivity index is 1.92. The summed E-state index contributed by atoms with van der Waals surface area (Å²) >= 11 is 0. The number of fused-ring (bicyclic) bond motifs is 1. The zero-order valence-corrected chi connectivity index (χ0v) is 10.4. The van der Waals surface area contributed by atoms with Crippen LogP contribution >= 0.6 is 0 Å². The third-order valence-electron chi connectivity index (χ3n) is 3.48. The van der Waals surface area contributed by atoms with Crippen LogP contribution in [0.3, 0.4) is 0 Å². The third kappa shape index (κ3) is 2.02. The lowest BCUT2D eigenvalue weighted by molar-refractivity contribution is 0.209. The number of nitrogens with zero attached hydrogens (tertiary/aromatic N) is 2. The van der Waals surface area contributed by atoms with Gasteiger partial charge in [-0.1, -0.05) is 18.2 Å². The lowest BCUT2D eigenvalue weighted by atomic mass is 10.0. The Hall–Kier alpha value is -1.74. The molecule has 1 N–H and O–H groups in total. The van der Waals surface area contributed by atoms with Gasteiger partial charge in [0.1, 0.15) is 6.10 Å². The molecule has 1 aliphatic rings. The Morgan fingerprint density at radius 3 is 2.61 bits per heavy atom. The Bertz CT molecular complexity index is 563. The molecule has 92 valence electrons. The van der Waals surface area contributed by atoms with Crippen molar-refractivity contribution in [2.75, 3.05) is 0 Å². The minimum Gasteiger partial charge on any atom is -0.380 e. The fourth-order valence-electron chi connectivity index (χ4n) is 2.45. The van der Waals surface area contributed by atoms with Gasteiger partial charge in [0.05, 0.1) is 0 Å². The quantitative estimate of drug-likeness (QED) is 0.876. The van der Waals surface area contributed by atoms with Gasteiger partial charge >= 0.3 is 0 Å². The average molecular weight is 240 g/mol. The van der Waals surface area contributed by atoms with Crippen molar-refractivity contribution in [3.8, 4) is 0 Å². The van der Waals surface area contributed by atoms with Crippen LogP contribution in [-0.4, -0.2) is 15.1 Å². The number of aromatic nitrogens is 2. The highest BCUT2D eigenvalue weighted by Crippen LogP contribution is 2.27. The molecule has 3 rings (SSSR count). The lowest BCUT2D eigenvalue weighted by Crippen LogP contribution is -2.05. The summed E-state index contributed by atoms with van der Waals surface area (Å²) in [4.78, 5) is 8.37. The summed E-state index contributed by atoms with van der Waals surface area (Å²) in [6, 6.07) is 6.20. The van der Waals surface area contributed by atoms with Gasteiger partial charge in [0.15, 0.2) is 5.82 Å². The summed E-state index contributed by atoms with van der Waals surface area (Å²) in [5.74, 6) is 0.471. The molecule has 18 heavy (non-hydrogen) atoms. The zero-order chi connectivity index (χ0) is 12.5. The van der Waals surface area contributed by atoms with E-state index in [9.17, 15) is 5.11 Å². The molecular formula is C15H16N2O. The van der Waals surface area contributed by atoms with Crippen LogP contribution in [0.2, 0.25) is 0 Å². The summed E-state index contributed by atoms with van der Waals surface area (Å²) in [5.41, 5.74) is 4.66. The predicted octanol–water partition coefficient (Wildman–Crippen LogP) is 2.36. The molecule has 1 aliphatic carbocycles. The van der Waals surface area contributed by atoms with E-state index in [1.165, 1.54) is 17.5 Å². The van der Waals surface area contributed by atoms with E-state index < -0.39 is 6.10 Å². The maximum atomic E-state index is 10.3. The Morgan fingerprint density at radius 1 is 1.11 bits per heavy atom. The van der Waals surface area contributed by atoms with Crippen LogP contribution in [0, 0.1) is 6.92 Å². The van der Waals surface area contributed by atoms with Gasteiger partial charge < -0.3 is 5.11 Å². The minimum absolute atomic E-state index is 0.471. The van der Waals surface area contributed by atoms with Gasteiger partial charge in [-0.05, 0) is 48.4 Å².